The zero-order valence-corrected chi connectivity index (χ0v) is 5.72. The first-order chi connectivity index (χ1) is 4.33. The van der Waals surface area contributed by atoms with Crippen LogP contribution >= 0.6 is 0 Å². The van der Waals surface area contributed by atoms with Crippen molar-refractivity contribution in [1.82, 2.24) is 10.6 Å². The Morgan fingerprint density at radius 2 is 2.56 bits per heavy atom. The minimum Gasteiger partial charge on any atom is -0.392 e. The number of hydrogen-bond donors (Lipinski definition) is 3. The number of hydrogen-bond acceptors (Lipinski definition) is 3. The summed E-state index contributed by atoms with van der Waals surface area (Å²) in [5, 5.41) is 15.3. The monoisotopic (exact) mass is 130 g/mol. The Bertz CT molecular complexity index is 85.1. The van der Waals surface area contributed by atoms with Crippen LogP contribution in [0.15, 0.2) is 0 Å². The average molecular weight is 130 g/mol. The maximum absolute atomic E-state index is 9.04. The Labute approximate surface area is 55.5 Å². The smallest absolute Gasteiger partial charge is 0.0680 e. The fourth-order valence-corrected chi connectivity index (χ4v) is 1.20. The van der Waals surface area contributed by atoms with Crippen molar-refractivity contribution in [3.05, 3.63) is 0 Å². The maximum atomic E-state index is 9.04. The van der Waals surface area contributed by atoms with Gasteiger partial charge in [-0.2, -0.15) is 0 Å². The van der Waals surface area contributed by atoms with E-state index in [2.05, 4.69) is 10.6 Å². The highest BCUT2D eigenvalue weighted by Gasteiger charge is 2.20. The second-order valence-corrected chi connectivity index (χ2v) is 2.55. The van der Waals surface area contributed by atoms with Gasteiger partial charge in [0.15, 0.2) is 0 Å². The van der Waals surface area contributed by atoms with Gasteiger partial charge in [-0.1, -0.05) is 0 Å². The fourth-order valence-electron chi connectivity index (χ4n) is 1.20. The number of likely N-dealkylation sites (N-methyl/N-ethyl adjacent to an activating group) is 1. The number of aliphatic hydroxyl groups excluding tert-OH is 1. The summed E-state index contributed by atoms with van der Waals surface area (Å²) in [5.74, 6) is 0. The van der Waals surface area contributed by atoms with Gasteiger partial charge in [0.25, 0.3) is 0 Å². The molecule has 0 radical (unpaired) electrons. The Morgan fingerprint density at radius 3 is 3.00 bits per heavy atom. The molecule has 1 heterocycles. The minimum absolute atomic E-state index is 0.122. The summed E-state index contributed by atoms with van der Waals surface area (Å²) in [4.78, 5) is 0. The summed E-state index contributed by atoms with van der Waals surface area (Å²) >= 11 is 0. The molecule has 0 amide bonds. The number of rotatable bonds is 2. The molecule has 0 unspecified atom stereocenters. The molecule has 0 aliphatic carbocycles. The number of β-amino-alcohol motifs (C(OH)–C–C–N with tert-alkyl or cyclic N) is 1. The number of aliphatic hydroxyl groups is 1. The molecule has 9 heavy (non-hydrogen) atoms. The molecule has 0 aromatic rings. The summed E-state index contributed by atoms with van der Waals surface area (Å²) in [7, 11) is 1.92. The lowest BCUT2D eigenvalue weighted by Crippen LogP contribution is -2.31. The van der Waals surface area contributed by atoms with Crippen molar-refractivity contribution in [3.63, 3.8) is 0 Å². The Morgan fingerprint density at radius 1 is 1.78 bits per heavy atom. The van der Waals surface area contributed by atoms with E-state index in [0.717, 1.165) is 19.5 Å². The van der Waals surface area contributed by atoms with Crippen molar-refractivity contribution >= 4 is 0 Å². The van der Waals surface area contributed by atoms with Crippen LogP contribution < -0.4 is 10.6 Å². The van der Waals surface area contributed by atoms with E-state index in [1.54, 1.807) is 0 Å². The van der Waals surface area contributed by atoms with Crippen LogP contribution in [0.4, 0.5) is 0 Å². The minimum atomic E-state index is -0.122. The van der Waals surface area contributed by atoms with Gasteiger partial charge in [-0.15, -0.1) is 0 Å². The molecule has 1 aliphatic rings. The zero-order chi connectivity index (χ0) is 6.69. The molecular weight excluding hydrogens is 116 g/mol. The third kappa shape index (κ3) is 1.93. The van der Waals surface area contributed by atoms with Crippen LogP contribution in [0.1, 0.15) is 6.42 Å². The lowest BCUT2D eigenvalue weighted by atomic mass is 10.2. The SMILES string of the molecule is CNC[C@@H]1C[C@@H](O)CN1. The van der Waals surface area contributed by atoms with Crippen LogP contribution in [0.5, 0.6) is 0 Å². The molecular formula is C6H14N2O. The Balaban J connectivity index is 2.14. The van der Waals surface area contributed by atoms with Crippen molar-refractivity contribution in [2.45, 2.75) is 18.6 Å². The summed E-state index contributed by atoms with van der Waals surface area (Å²) in [6, 6.07) is 0.477. The van der Waals surface area contributed by atoms with Crippen molar-refractivity contribution in [2.75, 3.05) is 20.1 Å². The molecule has 2 atom stereocenters. The van der Waals surface area contributed by atoms with Crippen LogP contribution in [-0.2, 0) is 0 Å². The second-order valence-electron chi connectivity index (χ2n) is 2.55. The van der Waals surface area contributed by atoms with E-state index in [1.807, 2.05) is 7.05 Å². The highest BCUT2D eigenvalue weighted by atomic mass is 16.3. The predicted molar refractivity (Wildman–Crippen MR) is 36.3 cm³/mol. The highest BCUT2D eigenvalue weighted by molar-refractivity contribution is 4.81. The van der Waals surface area contributed by atoms with Gasteiger partial charge in [0.1, 0.15) is 0 Å². The second kappa shape index (κ2) is 3.15. The molecule has 1 saturated heterocycles. The van der Waals surface area contributed by atoms with Crippen molar-refractivity contribution in [2.24, 2.45) is 0 Å². The van der Waals surface area contributed by atoms with Crippen LogP contribution in [-0.4, -0.2) is 37.4 Å². The van der Waals surface area contributed by atoms with E-state index >= 15 is 0 Å². The molecule has 3 heteroatoms. The summed E-state index contributed by atoms with van der Waals surface area (Å²) < 4.78 is 0. The average Bonchev–Trinajstić information content (AvgIpc) is 2.17. The summed E-state index contributed by atoms with van der Waals surface area (Å²) in [5.41, 5.74) is 0. The van der Waals surface area contributed by atoms with Gasteiger partial charge >= 0.3 is 0 Å². The van der Waals surface area contributed by atoms with E-state index in [1.165, 1.54) is 0 Å². The summed E-state index contributed by atoms with van der Waals surface area (Å²) in [6.45, 7) is 1.71. The largest absolute Gasteiger partial charge is 0.392 e. The molecule has 0 aromatic heterocycles. The van der Waals surface area contributed by atoms with Gasteiger partial charge in [0, 0.05) is 19.1 Å². The van der Waals surface area contributed by atoms with Gasteiger partial charge in [-0.25, -0.2) is 0 Å². The van der Waals surface area contributed by atoms with Gasteiger partial charge in [-0.3, -0.25) is 0 Å². The number of nitrogens with one attached hydrogen (secondary N) is 2. The molecule has 0 saturated carbocycles. The standard InChI is InChI=1S/C6H14N2O/c1-7-3-5-2-6(9)4-8-5/h5-9H,2-4H2,1H3/t5-,6+/m0/s1. The molecule has 3 N–H and O–H groups in total. The fraction of sp³-hybridized carbons (Fsp3) is 1.00. The molecule has 1 fully saturated rings. The lowest BCUT2D eigenvalue weighted by Gasteiger charge is -2.06. The molecule has 0 aromatic carbocycles. The normalized spacial score (nSPS) is 35.3. The molecule has 54 valence electrons. The third-order valence-electron chi connectivity index (χ3n) is 1.65. The van der Waals surface area contributed by atoms with Crippen molar-refractivity contribution < 1.29 is 5.11 Å². The van der Waals surface area contributed by atoms with E-state index in [-0.39, 0.29) is 6.10 Å². The Hall–Kier alpha value is -0.120. The van der Waals surface area contributed by atoms with Crippen LogP contribution in [0.3, 0.4) is 0 Å². The van der Waals surface area contributed by atoms with Crippen LogP contribution in [0.2, 0.25) is 0 Å². The van der Waals surface area contributed by atoms with E-state index in [0.29, 0.717) is 6.04 Å². The summed E-state index contributed by atoms with van der Waals surface area (Å²) in [6.07, 6.45) is 0.768. The molecule has 0 spiro atoms. The first-order valence-electron chi connectivity index (χ1n) is 3.39. The van der Waals surface area contributed by atoms with Gasteiger partial charge < -0.3 is 15.7 Å². The predicted octanol–water partition coefficient (Wildman–Crippen LogP) is -1.07. The Kier molecular flexibility index (Phi) is 2.45. The maximum Gasteiger partial charge on any atom is 0.0680 e. The molecule has 1 aliphatic heterocycles. The van der Waals surface area contributed by atoms with Crippen molar-refractivity contribution in [1.29, 1.82) is 0 Å². The molecule has 0 bridgehead atoms. The lowest BCUT2D eigenvalue weighted by molar-refractivity contribution is 0.193. The van der Waals surface area contributed by atoms with Gasteiger partial charge in [0.05, 0.1) is 6.10 Å². The topological polar surface area (TPSA) is 44.3 Å². The first kappa shape index (κ1) is 6.99. The molecule has 3 nitrogen and oxygen atoms in total. The third-order valence-corrected chi connectivity index (χ3v) is 1.65. The van der Waals surface area contributed by atoms with E-state index in [4.69, 9.17) is 5.11 Å². The van der Waals surface area contributed by atoms with E-state index in [9.17, 15) is 0 Å². The zero-order valence-electron chi connectivity index (χ0n) is 5.72. The van der Waals surface area contributed by atoms with Crippen LogP contribution in [0.25, 0.3) is 0 Å². The van der Waals surface area contributed by atoms with Gasteiger partial charge in [0.2, 0.25) is 0 Å². The first-order valence-corrected chi connectivity index (χ1v) is 3.39. The molecule has 1 rings (SSSR count). The highest BCUT2D eigenvalue weighted by Crippen LogP contribution is 2.03. The van der Waals surface area contributed by atoms with Gasteiger partial charge in [-0.05, 0) is 13.5 Å². The van der Waals surface area contributed by atoms with Crippen molar-refractivity contribution in [3.8, 4) is 0 Å². The quantitative estimate of drug-likeness (QED) is 0.446. The van der Waals surface area contributed by atoms with E-state index < -0.39 is 0 Å². The van der Waals surface area contributed by atoms with Crippen LogP contribution in [0, 0.1) is 0 Å².